The van der Waals surface area contributed by atoms with Crippen LogP contribution >= 0.6 is 22.9 Å². The summed E-state index contributed by atoms with van der Waals surface area (Å²) in [4.78, 5) is 3.54. The van der Waals surface area contributed by atoms with E-state index in [4.69, 9.17) is 11.6 Å². The second kappa shape index (κ2) is 4.80. The molecule has 0 radical (unpaired) electrons. The maximum atomic E-state index is 5.75. The molecule has 0 saturated carbocycles. The summed E-state index contributed by atoms with van der Waals surface area (Å²) in [7, 11) is 2.05. The lowest BCUT2D eigenvalue weighted by Gasteiger charge is -2.22. The Hall–Kier alpha value is -0.310. The Balaban J connectivity index is 2.57. The van der Waals surface area contributed by atoms with Gasteiger partial charge in [-0.15, -0.1) is 11.3 Å². The largest absolute Gasteiger partial charge is 0.294 e. The van der Waals surface area contributed by atoms with Crippen molar-refractivity contribution in [3.05, 3.63) is 34.0 Å². The molecule has 0 aliphatic heterocycles. The van der Waals surface area contributed by atoms with Gasteiger partial charge >= 0.3 is 0 Å². The minimum atomic E-state index is 0.412. The molecular weight excluding hydrogens is 202 g/mol. The van der Waals surface area contributed by atoms with Crippen LogP contribution in [0.25, 0.3) is 0 Å². The summed E-state index contributed by atoms with van der Waals surface area (Å²) in [6.07, 6.45) is 0. The van der Waals surface area contributed by atoms with Crippen molar-refractivity contribution in [2.75, 3.05) is 13.6 Å². The molecule has 0 aromatic carbocycles. The highest BCUT2D eigenvalue weighted by Crippen LogP contribution is 2.23. The van der Waals surface area contributed by atoms with Crippen molar-refractivity contribution >= 4 is 22.9 Å². The first-order valence-electron chi connectivity index (χ1n) is 4.18. The summed E-state index contributed by atoms with van der Waals surface area (Å²) in [5.41, 5.74) is 0. The van der Waals surface area contributed by atoms with E-state index in [1.807, 2.05) is 0 Å². The Labute approximate surface area is 88.6 Å². The van der Waals surface area contributed by atoms with E-state index in [9.17, 15) is 0 Å². The maximum absolute atomic E-state index is 5.75. The monoisotopic (exact) mass is 215 g/mol. The summed E-state index contributed by atoms with van der Waals surface area (Å²) in [5.74, 6) is 0. The molecule has 1 aromatic heterocycles. The third kappa shape index (κ3) is 3.14. The zero-order chi connectivity index (χ0) is 9.84. The van der Waals surface area contributed by atoms with Crippen molar-refractivity contribution in [2.45, 2.75) is 13.0 Å². The topological polar surface area (TPSA) is 3.24 Å². The zero-order valence-electron chi connectivity index (χ0n) is 7.96. The first kappa shape index (κ1) is 10.8. The smallest absolute Gasteiger partial charge is 0.0414 e. The molecule has 0 aliphatic rings. The molecular formula is C10H14ClNS. The number of rotatable bonds is 4. The van der Waals surface area contributed by atoms with E-state index in [1.54, 1.807) is 11.3 Å². The van der Waals surface area contributed by atoms with Gasteiger partial charge in [0, 0.05) is 22.5 Å². The van der Waals surface area contributed by atoms with Crippen LogP contribution in [0.15, 0.2) is 29.1 Å². The maximum Gasteiger partial charge on any atom is 0.0414 e. The number of hydrogen-bond acceptors (Lipinski definition) is 2. The zero-order valence-corrected chi connectivity index (χ0v) is 9.53. The van der Waals surface area contributed by atoms with Gasteiger partial charge < -0.3 is 0 Å². The molecule has 0 spiro atoms. The van der Waals surface area contributed by atoms with Gasteiger partial charge in [0.05, 0.1) is 0 Å². The first-order valence-corrected chi connectivity index (χ1v) is 5.44. The Morgan fingerprint density at radius 2 is 2.46 bits per heavy atom. The normalized spacial score (nSPS) is 13.2. The van der Waals surface area contributed by atoms with Gasteiger partial charge in [-0.3, -0.25) is 4.90 Å². The second-order valence-electron chi connectivity index (χ2n) is 3.12. The minimum absolute atomic E-state index is 0.412. The number of halogens is 1. The fourth-order valence-electron chi connectivity index (χ4n) is 1.15. The molecule has 0 aliphatic carbocycles. The number of thiophene rings is 1. The molecule has 0 fully saturated rings. The number of nitrogens with zero attached hydrogens (tertiary/aromatic N) is 1. The highest BCUT2D eigenvalue weighted by molar-refractivity contribution is 7.10. The SMILES string of the molecule is C=C(Cl)CN(C)C(C)c1cccs1. The highest BCUT2D eigenvalue weighted by Gasteiger charge is 2.12. The summed E-state index contributed by atoms with van der Waals surface area (Å²) in [6, 6.07) is 4.62. The van der Waals surface area contributed by atoms with Crippen LogP contribution in [0.3, 0.4) is 0 Å². The molecule has 1 nitrogen and oxygen atoms in total. The van der Waals surface area contributed by atoms with Crippen molar-refractivity contribution in [3.63, 3.8) is 0 Å². The van der Waals surface area contributed by atoms with Crippen LogP contribution in [0.5, 0.6) is 0 Å². The molecule has 72 valence electrons. The van der Waals surface area contributed by atoms with Crippen LogP contribution in [0.1, 0.15) is 17.8 Å². The van der Waals surface area contributed by atoms with Crippen LogP contribution in [0.4, 0.5) is 0 Å². The highest BCUT2D eigenvalue weighted by atomic mass is 35.5. The van der Waals surface area contributed by atoms with Gasteiger partial charge in [0.2, 0.25) is 0 Å². The van der Waals surface area contributed by atoms with Crippen molar-refractivity contribution in [2.24, 2.45) is 0 Å². The molecule has 1 unspecified atom stereocenters. The van der Waals surface area contributed by atoms with Gasteiger partial charge in [-0.05, 0) is 25.4 Å². The van der Waals surface area contributed by atoms with E-state index in [0.717, 1.165) is 6.54 Å². The van der Waals surface area contributed by atoms with Gasteiger partial charge in [-0.1, -0.05) is 24.2 Å². The van der Waals surface area contributed by atoms with E-state index in [0.29, 0.717) is 11.1 Å². The molecule has 0 amide bonds. The summed E-state index contributed by atoms with van der Waals surface area (Å²) >= 11 is 7.52. The van der Waals surface area contributed by atoms with Gasteiger partial charge in [-0.25, -0.2) is 0 Å². The van der Waals surface area contributed by atoms with Gasteiger partial charge in [0.25, 0.3) is 0 Å². The van der Waals surface area contributed by atoms with Crippen LogP contribution in [-0.2, 0) is 0 Å². The quantitative estimate of drug-likeness (QED) is 0.743. The lowest BCUT2D eigenvalue weighted by Crippen LogP contribution is -2.22. The fraction of sp³-hybridized carbons (Fsp3) is 0.400. The first-order chi connectivity index (χ1) is 6.11. The Morgan fingerprint density at radius 1 is 1.77 bits per heavy atom. The molecule has 0 bridgehead atoms. The second-order valence-corrected chi connectivity index (χ2v) is 4.64. The third-order valence-corrected chi connectivity index (χ3v) is 3.20. The third-order valence-electron chi connectivity index (χ3n) is 2.04. The number of hydrogen-bond donors (Lipinski definition) is 0. The van der Waals surface area contributed by atoms with Gasteiger partial charge in [0.15, 0.2) is 0 Å². The van der Waals surface area contributed by atoms with Gasteiger partial charge in [0.1, 0.15) is 0 Å². The van der Waals surface area contributed by atoms with Gasteiger partial charge in [-0.2, -0.15) is 0 Å². The van der Waals surface area contributed by atoms with Crippen molar-refractivity contribution in [1.82, 2.24) is 4.90 Å². The molecule has 13 heavy (non-hydrogen) atoms. The average Bonchev–Trinajstić information content (AvgIpc) is 2.53. The van der Waals surface area contributed by atoms with Crippen LogP contribution in [0, 0.1) is 0 Å². The predicted octanol–water partition coefficient (Wildman–Crippen LogP) is 3.49. The molecule has 1 heterocycles. The minimum Gasteiger partial charge on any atom is -0.294 e. The predicted molar refractivity (Wildman–Crippen MR) is 60.4 cm³/mol. The average molecular weight is 216 g/mol. The van der Waals surface area contributed by atoms with E-state index in [-0.39, 0.29) is 0 Å². The molecule has 1 atom stereocenters. The molecule has 0 saturated heterocycles. The lowest BCUT2D eigenvalue weighted by molar-refractivity contribution is 0.291. The van der Waals surface area contributed by atoms with Crippen LogP contribution in [-0.4, -0.2) is 18.5 Å². The van der Waals surface area contributed by atoms with Crippen molar-refractivity contribution in [3.8, 4) is 0 Å². The standard InChI is InChI=1S/C10H14ClNS/c1-8(11)7-12(3)9(2)10-5-4-6-13-10/h4-6,9H,1,7H2,2-3H3. The Bertz CT molecular complexity index is 268. The van der Waals surface area contributed by atoms with Crippen LogP contribution < -0.4 is 0 Å². The van der Waals surface area contributed by atoms with Crippen molar-refractivity contribution in [1.29, 1.82) is 0 Å². The van der Waals surface area contributed by atoms with E-state index >= 15 is 0 Å². The number of likely N-dealkylation sites (N-methyl/N-ethyl adjacent to an activating group) is 1. The van der Waals surface area contributed by atoms with E-state index < -0.39 is 0 Å². The lowest BCUT2D eigenvalue weighted by atomic mass is 10.2. The Morgan fingerprint density at radius 3 is 2.92 bits per heavy atom. The van der Waals surface area contributed by atoms with Crippen LogP contribution in [0.2, 0.25) is 0 Å². The molecule has 1 aromatic rings. The Kier molecular flexibility index (Phi) is 3.97. The van der Waals surface area contributed by atoms with E-state index in [1.165, 1.54) is 4.88 Å². The summed E-state index contributed by atoms with van der Waals surface area (Å²) < 4.78 is 0. The fourth-order valence-corrected chi connectivity index (χ4v) is 2.19. The summed E-state index contributed by atoms with van der Waals surface area (Å²) in [5, 5.41) is 2.78. The molecule has 1 rings (SSSR count). The van der Waals surface area contributed by atoms with E-state index in [2.05, 4.69) is 43.0 Å². The van der Waals surface area contributed by atoms with Crippen molar-refractivity contribution < 1.29 is 0 Å². The summed E-state index contributed by atoms with van der Waals surface area (Å²) in [6.45, 7) is 6.60. The molecule has 0 N–H and O–H groups in total. The molecule has 3 heteroatoms.